The number of rotatable bonds is 3. The zero-order chi connectivity index (χ0) is 17.1. The van der Waals surface area contributed by atoms with E-state index >= 15 is 0 Å². The molecule has 1 amide bonds. The SMILES string of the molecule is Cl.O=C(Cc1ccc(F)cc1F)N1CCNCC1c1cccc(F)c1. The molecule has 1 fully saturated rings. The maximum atomic E-state index is 13.8. The molecular formula is C18H18ClF3N2O. The molecule has 1 heterocycles. The van der Waals surface area contributed by atoms with E-state index in [0.29, 0.717) is 25.2 Å². The molecule has 0 saturated carbocycles. The van der Waals surface area contributed by atoms with Gasteiger partial charge in [-0.25, -0.2) is 13.2 Å². The van der Waals surface area contributed by atoms with Crippen molar-refractivity contribution in [3.05, 3.63) is 71.0 Å². The Morgan fingerprint density at radius 2 is 1.88 bits per heavy atom. The van der Waals surface area contributed by atoms with Crippen LogP contribution in [-0.2, 0) is 11.2 Å². The first kappa shape index (κ1) is 19.3. The van der Waals surface area contributed by atoms with Crippen molar-refractivity contribution in [2.24, 2.45) is 0 Å². The monoisotopic (exact) mass is 370 g/mol. The number of halogens is 4. The van der Waals surface area contributed by atoms with Crippen LogP contribution in [0.4, 0.5) is 13.2 Å². The van der Waals surface area contributed by atoms with Gasteiger partial charge in [-0.15, -0.1) is 12.4 Å². The number of piperazine rings is 1. The molecule has 1 unspecified atom stereocenters. The van der Waals surface area contributed by atoms with Crippen LogP contribution in [0.5, 0.6) is 0 Å². The molecule has 7 heteroatoms. The second-order valence-corrected chi connectivity index (χ2v) is 5.77. The highest BCUT2D eigenvalue weighted by molar-refractivity contribution is 5.85. The summed E-state index contributed by atoms with van der Waals surface area (Å²) in [5.74, 6) is -2.05. The molecule has 3 nitrogen and oxygen atoms in total. The van der Waals surface area contributed by atoms with Crippen LogP contribution in [0.2, 0.25) is 0 Å². The molecule has 2 aromatic rings. The van der Waals surface area contributed by atoms with Crippen molar-refractivity contribution in [2.75, 3.05) is 19.6 Å². The van der Waals surface area contributed by atoms with Crippen molar-refractivity contribution in [2.45, 2.75) is 12.5 Å². The second kappa shape index (κ2) is 8.36. The summed E-state index contributed by atoms with van der Waals surface area (Å²) in [4.78, 5) is 14.2. The van der Waals surface area contributed by atoms with Gasteiger partial charge in [-0.3, -0.25) is 4.79 Å². The van der Waals surface area contributed by atoms with Gasteiger partial charge in [0.1, 0.15) is 17.5 Å². The standard InChI is InChI=1S/C18H17F3N2O.ClH/c19-14-3-1-2-13(8-14)17-11-22-6-7-23(17)18(24)9-12-4-5-15(20)10-16(12)21;/h1-5,8,10,17,22H,6-7,9,11H2;1H. The summed E-state index contributed by atoms with van der Waals surface area (Å²) < 4.78 is 40.2. The Hall–Kier alpha value is -2.05. The molecule has 1 N–H and O–H groups in total. The molecule has 25 heavy (non-hydrogen) atoms. The van der Waals surface area contributed by atoms with E-state index < -0.39 is 11.6 Å². The molecule has 1 atom stereocenters. The third-order valence-corrected chi connectivity index (χ3v) is 4.15. The molecule has 1 aliphatic rings. The van der Waals surface area contributed by atoms with E-state index in [-0.39, 0.29) is 42.2 Å². The van der Waals surface area contributed by atoms with E-state index in [1.807, 2.05) is 0 Å². The number of carbonyl (C=O) groups excluding carboxylic acids is 1. The van der Waals surface area contributed by atoms with Crippen molar-refractivity contribution in [1.82, 2.24) is 10.2 Å². The Kier molecular flexibility index (Phi) is 6.45. The first-order chi connectivity index (χ1) is 11.5. The van der Waals surface area contributed by atoms with Crippen LogP contribution in [0, 0.1) is 17.5 Å². The van der Waals surface area contributed by atoms with Crippen LogP contribution in [0.15, 0.2) is 42.5 Å². The van der Waals surface area contributed by atoms with Crippen LogP contribution in [-0.4, -0.2) is 30.4 Å². The Morgan fingerprint density at radius 1 is 1.12 bits per heavy atom. The van der Waals surface area contributed by atoms with Gasteiger partial charge in [-0.05, 0) is 29.3 Å². The van der Waals surface area contributed by atoms with Gasteiger partial charge in [0.2, 0.25) is 5.91 Å². The number of amides is 1. The molecule has 2 aromatic carbocycles. The average Bonchev–Trinajstić information content (AvgIpc) is 2.57. The number of benzene rings is 2. The third-order valence-electron chi connectivity index (χ3n) is 4.15. The van der Waals surface area contributed by atoms with Gasteiger partial charge in [0.15, 0.2) is 0 Å². The molecular weight excluding hydrogens is 353 g/mol. The maximum absolute atomic E-state index is 13.8. The summed E-state index contributed by atoms with van der Waals surface area (Å²) in [5, 5.41) is 3.18. The highest BCUT2D eigenvalue weighted by Gasteiger charge is 2.28. The van der Waals surface area contributed by atoms with Gasteiger partial charge in [-0.2, -0.15) is 0 Å². The van der Waals surface area contributed by atoms with E-state index in [4.69, 9.17) is 0 Å². The number of hydrogen-bond acceptors (Lipinski definition) is 2. The lowest BCUT2D eigenvalue weighted by atomic mass is 10.0. The van der Waals surface area contributed by atoms with Gasteiger partial charge in [0.05, 0.1) is 12.5 Å². The van der Waals surface area contributed by atoms with E-state index in [2.05, 4.69) is 5.32 Å². The zero-order valence-corrected chi connectivity index (χ0v) is 14.2. The highest BCUT2D eigenvalue weighted by Crippen LogP contribution is 2.24. The van der Waals surface area contributed by atoms with Crippen LogP contribution in [0.1, 0.15) is 17.2 Å². The lowest BCUT2D eigenvalue weighted by molar-refractivity contribution is -0.133. The molecule has 0 aliphatic carbocycles. The van der Waals surface area contributed by atoms with Crippen molar-refractivity contribution < 1.29 is 18.0 Å². The fourth-order valence-electron chi connectivity index (χ4n) is 2.94. The van der Waals surface area contributed by atoms with Gasteiger partial charge in [-0.1, -0.05) is 18.2 Å². The van der Waals surface area contributed by atoms with E-state index in [0.717, 1.165) is 12.1 Å². The molecule has 1 saturated heterocycles. The Labute approximate surface area is 150 Å². The third kappa shape index (κ3) is 4.52. The van der Waals surface area contributed by atoms with Crippen molar-refractivity contribution >= 4 is 18.3 Å². The van der Waals surface area contributed by atoms with Gasteiger partial charge in [0.25, 0.3) is 0 Å². The first-order valence-electron chi connectivity index (χ1n) is 7.74. The fraction of sp³-hybridized carbons (Fsp3) is 0.278. The minimum absolute atomic E-state index is 0. The summed E-state index contributed by atoms with van der Waals surface area (Å²) >= 11 is 0. The minimum Gasteiger partial charge on any atom is -0.333 e. The number of nitrogens with one attached hydrogen (secondary N) is 1. The van der Waals surface area contributed by atoms with Crippen molar-refractivity contribution in [1.29, 1.82) is 0 Å². The van der Waals surface area contributed by atoms with Crippen LogP contribution < -0.4 is 5.32 Å². The quantitative estimate of drug-likeness (QED) is 0.899. The molecule has 0 radical (unpaired) electrons. The summed E-state index contributed by atoms with van der Waals surface area (Å²) in [6, 6.07) is 8.97. The predicted octanol–water partition coefficient (Wildman–Crippen LogP) is 3.24. The zero-order valence-electron chi connectivity index (χ0n) is 13.3. The molecule has 0 bridgehead atoms. The average molecular weight is 371 g/mol. The Balaban J connectivity index is 0.00000225. The van der Waals surface area contributed by atoms with Gasteiger partial charge in [0, 0.05) is 25.7 Å². The van der Waals surface area contributed by atoms with E-state index in [9.17, 15) is 18.0 Å². The second-order valence-electron chi connectivity index (χ2n) is 5.77. The summed E-state index contributed by atoms with van der Waals surface area (Å²) in [7, 11) is 0. The molecule has 1 aliphatic heterocycles. The van der Waals surface area contributed by atoms with Gasteiger partial charge < -0.3 is 10.2 Å². The Bertz CT molecular complexity index is 757. The van der Waals surface area contributed by atoms with E-state index in [1.54, 1.807) is 17.0 Å². The molecule has 134 valence electrons. The largest absolute Gasteiger partial charge is 0.333 e. The van der Waals surface area contributed by atoms with Crippen LogP contribution in [0.3, 0.4) is 0 Å². The highest BCUT2D eigenvalue weighted by atomic mass is 35.5. The maximum Gasteiger partial charge on any atom is 0.227 e. The number of nitrogens with zero attached hydrogens (tertiary/aromatic N) is 1. The lowest BCUT2D eigenvalue weighted by Gasteiger charge is -2.36. The molecule has 3 rings (SSSR count). The van der Waals surface area contributed by atoms with E-state index in [1.165, 1.54) is 18.2 Å². The van der Waals surface area contributed by atoms with Gasteiger partial charge >= 0.3 is 0 Å². The fourth-order valence-corrected chi connectivity index (χ4v) is 2.94. The van der Waals surface area contributed by atoms with Crippen molar-refractivity contribution in [3.8, 4) is 0 Å². The summed E-state index contributed by atoms with van der Waals surface area (Å²) in [6.45, 7) is 1.56. The molecule has 0 spiro atoms. The summed E-state index contributed by atoms with van der Waals surface area (Å²) in [5.41, 5.74) is 0.841. The Morgan fingerprint density at radius 3 is 2.60 bits per heavy atom. The predicted molar refractivity (Wildman–Crippen MR) is 91.0 cm³/mol. The first-order valence-corrected chi connectivity index (χ1v) is 7.74. The normalized spacial score (nSPS) is 17.1. The number of carbonyl (C=O) groups is 1. The topological polar surface area (TPSA) is 32.3 Å². The lowest BCUT2D eigenvalue weighted by Crippen LogP contribution is -2.49. The smallest absolute Gasteiger partial charge is 0.227 e. The molecule has 0 aromatic heterocycles. The van der Waals surface area contributed by atoms with Crippen LogP contribution in [0.25, 0.3) is 0 Å². The minimum atomic E-state index is -0.735. The number of hydrogen-bond donors (Lipinski definition) is 1. The van der Waals surface area contributed by atoms with Crippen LogP contribution >= 0.6 is 12.4 Å². The van der Waals surface area contributed by atoms with Crippen molar-refractivity contribution in [3.63, 3.8) is 0 Å². The summed E-state index contributed by atoms with van der Waals surface area (Å²) in [6.07, 6.45) is -0.155.